The van der Waals surface area contributed by atoms with Crippen LogP contribution in [0.5, 0.6) is 5.75 Å². The predicted molar refractivity (Wildman–Crippen MR) is 125 cm³/mol. The number of fused-ring (bicyclic) bond motifs is 3. The standard InChI is InChI=1S/C24H16Cl2N4O3/c1-11-6-7-17-15(8-11)21-20(24(31)32-17)19(16(10-27)23(28)33-21)18-12(2)29-30(22(18)26)14-5-3-4-13(25)9-14/h3-9,19H,28H2,1-2H3. The molecular formula is C24H16Cl2N4O3. The Morgan fingerprint density at radius 2 is 1.94 bits per heavy atom. The summed E-state index contributed by atoms with van der Waals surface area (Å²) in [5.41, 5.74) is 8.62. The first kappa shape index (κ1) is 21.1. The van der Waals surface area contributed by atoms with Crippen molar-refractivity contribution in [3.05, 3.63) is 96.9 Å². The first-order chi connectivity index (χ1) is 15.8. The lowest BCUT2D eigenvalue weighted by Crippen LogP contribution is -2.26. The number of rotatable bonds is 2. The molecule has 7 nitrogen and oxygen atoms in total. The maximum absolute atomic E-state index is 13.2. The van der Waals surface area contributed by atoms with Crippen molar-refractivity contribution >= 4 is 34.2 Å². The zero-order valence-corrected chi connectivity index (χ0v) is 19.0. The van der Waals surface area contributed by atoms with Crippen LogP contribution in [0.15, 0.2) is 63.1 Å². The number of nitrogens with two attached hydrogens (primary N) is 1. The number of nitriles is 1. The zero-order chi connectivity index (χ0) is 23.4. The largest absolute Gasteiger partial charge is 0.439 e. The number of ether oxygens (including phenoxy) is 1. The summed E-state index contributed by atoms with van der Waals surface area (Å²) in [6.07, 6.45) is 0. The summed E-state index contributed by atoms with van der Waals surface area (Å²) in [6.45, 7) is 3.66. The van der Waals surface area contributed by atoms with E-state index in [-0.39, 0.29) is 27.9 Å². The maximum atomic E-state index is 13.2. The number of halogens is 2. The highest BCUT2D eigenvalue weighted by molar-refractivity contribution is 6.31. The second-order valence-corrected chi connectivity index (χ2v) is 8.53. The number of hydrogen-bond acceptors (Lipinski definition) is 6. The van der Waals surface area contributed by atoms with Gasteiger partial charge in [-0.2, -0.15) is 10.4 Å². The Morgan fingerprint density at radius 1 is 1.15 bits per heavy atom. The highest BCUT2D eigenvalue weighted by Crippen LogP contribution is 2.46. The van der Waals surface area contributed by atoms with E-state index in [1.807, 2.05) is 19.1 Å². The Morgan fingerprint density at radius 3 is 2.67 bits per heavy atom. The summed E-state index contributed by atoms with van der Waals surface area (Å²) < 4.78 is 12.9. The van der Waals surface area contributed by atoms with Gasteiger partial charge in [-0.25, -0.2) is 9.48 Å². The van der Waals surface area contributed by atoms with Crippen molar-refractivity contribution in [1.82, 2.24) is 9.78 Å². The van der Waals surface area contributed by atoms with E-state index in [4.69, 9.17) is 38.1 Å². The smallest absolute Gasteiger partial charge is 0.344 e. The average Bonchev–Trinajstić information content (AvgIpc) is 3.07. The van der Waals surface area contributed by atoms with E-state index in [9.17, 15) is 10.1 Å². The van der Waals surface area contributed by atoms with Gasteiger partial charge in [0.2, 0.25) is 5.88 Å². The third kappa shape index (κ3) is 3.27. The summed E-state index contributed by atoms with van der Waals surface area (Å²) in [4.78, 5) is 13.2. The lowest BCUT2D eigenvalue weighted by Gasteiger charge is -2.26. The van der Waals surface area contributed by atoms with Crippen LogP contribution in [0.3, 0.4) is 0 Å². The molecule has 0 bridgehead atoms. The monoisotopic (exact) mass is 478 g/mol. The van der Waals surface area contributed by atoms with Crippen LogP contribution in [-0.4, -0.2) is 9.78 Å². The van der Waals surface area contributed by atoms with Crippen LogP contribution in [0, 0.1) is 25.2 Å². The Kier molecular flexibility index (Phi) is 4.93. The molecule has 0 radical (unpaired) electrons. The zero-order valence-electron chi connectivity index (χ0n) is 17.5. The van der Waals surface area contributed by atoms with Crippen LogP contribution in [0.4, 0.5) is 0 Å². The molecule has 3 heterocycles. The molecule has 4 aromatic rings. The minimum Gasteiger partial charge on any atom is -0.439 e. The van der Waals surface area contributed by atoms with Crippen LogP contribution in [0.1, 0.15) is 28.3 Å². The van der Waals surface area contributed by atoms with Crippen molar-refractivity contribution in [3.8, 4) is 17.5 Å². The molecule has 33 heavy (non-hydrogen) atoms. The fourth-order valence-electron chi connectivity index (χ4n) is 4.14. The molecule has 1 unspecified atom stereocenters. The molecular weight excluding hydrogens is 463 g/mol. The number of allylic oxidation sites excluding steroid dienone is 1. The minimum atomic E-state index is -0.916. The van der Waals surface area contributed by atoms with Gasteiger partial charge in [-0.3, -0.25) is 0 Å². The number of aryl methyl sites for hydroxylation is 2. The fraction of sp³-hybridized carbons (Fsp3) is 0.125. The molecule has 0 saturated heterocycles. The van der Waals surface area contributed by atoms with Crippen molar-refractivity contribution in [2.45, 2.75) is 19.8 Å². The second kappa shape index (κ2) is 7.69. The van der Waals surface area contributed by atoms with E-state index >= 15 is 0 Å². The number of aromatic nitrogens is 2. The molecule has 9 heteroatoms. The topological polar surface area (TPSA) is 107 Å². The number of hydrogen-bond donors (Lipinski definition) is 1. The van der Waals surface area contributed by atoms with E-state index in [1.165, 1.54) is 4.68 Å². The third-order valence-electron chi connectivity index (χ3n) is 5.61. The average molecular weight is 479 g/mol. The van der Waals surface area contributed by atoms with Crippen molar-refractivity contribution < 1.29 is 9.15 Å². The van der Waals surface area contributed by atoms with Gasteiger partial charge < -0.3 is 14.9 Å². The first-order valence-electron chi connectivity index (χ1n) is 9.96. The number of benzene rings is 2. The lowest BCUT2D eigenvalue weighted by molar-refractivity contribution is 0.388. The molecule has 1 atom stereocenters. The van der Waals surface area contributed by atoms with Gasteiger partial charge in [0.15, 0.2) is 5.75 Å². The van der Waals surface area contributed by atoms with Crippen LogP contribution >= 0.6 is 23.2 Å². The predicted octanol–water partition coefficient (Wildman–Crippen LogP) is 5.12. The van der Waals surface area contributed by atoms with Crippen LogP contribution < -0.4 is 16.1 Å². The molecule has 0 fully saturated rings. The second-order valence-electron chi connectivity index (χ2n) is 7.74. The van der Waals surface area contributed by atoms with Gasteiger partial charge in [-0.05, 0) is 44.2 Å². The minimum absolute atomic E-state index is 0.0532. The highest BCUT2D eigenvalue weighted by Gasteiger charge is 2.39. The quantitative estimate of drug-likeness (QED) is 0.400. The van der Waals surface area contributed by atoms with Crippen molar-refractivity contribution in [2.24, 2.45) is 5.73 Å². The summed E-state index contributed by atoms with van der Waals surface area (Å²) >= 11 is 12.9. The van der Waals surface area contributed by atoms with E-state index < -0.39 is 11.5 Å². The van der Waals surface area contributed by atoms with Crippen molar-refractivity contribution in [3.63, 3.8) is 0 Å². The molecule has 2 N–H and O–H groups in total. The van der Waals surface area contributed by atoms with Crippen LogP contribution in [0.2, 0.25) is 10.2 Å². The molecule has 1 aliphatic heterocycles. The van der Waals surface area contributed by atoms with E-state index in [0.717, 1.165) is 5.56 Å². The summed E-state index contributed by atoms with van der Waals surface area (Å²) in [5.74, 6) is -0.771. The van der Waals surface area contributed by atoms with E-state index in [1.54, 1.807) is 37.3 Å². The number of nitrogens with zero attached hydrogens (tertiary/aromatic N) is 3. The molecule has 0 spiro atoms. The van der Waals surface area contributed by atoms with Crippen molar-refractivity contribution in [2.75, 3.05) is 0 Å². The van der Waals surface area contributed by atoms with E-state index in [0.29, 0.717) is 32.9 Å². The third-order valence-corrected chi connectivity index (χ3v) is 6.21. The lowest BCUT2D eigenvalue weighted by atomic mass is 9.84. The molecule has 1 aliphatic rings. The van der Waals surface area contributed by atoms with Gasteiger partial charge in [0.05, 0.1) is 28.2 Å². The summed E-state index contributed by atoms with van der Waals surface area (Å²) in [7, 11) is 0. The summed E-state index contributed by atoms with van der Waals surface area (Å²) in [5, 5.41) is 15.8. The molecule has 2 aromatic carbocycles. The van der Waals surface area contributed by atoms with Crippen molar-refractivity contribution in [1.29, 1.82) is 5.26 Å². The fourth-order valence-corrected chi connectivity index (χ4v) is 4.71. The molecule has 164 valence electrons. The first-order valence-corrected chi connectivity index (χ1v) is 10.7. The normalized spacial score (nSPS) is 15.3. The van der Waals surface area contributed by atoms with Gasteiger partial charge in [0.1, 0.15) is 22.4 Å². The molecule has 2 aromatic heterocycles. The summed E-state index contributed by atoms with van der Waals surface area (Å²) in [6, 6.07) is 14.5. The van der Waals surface area contributed by atoms with Crippen LogP contribution in [0.25, 0.3) is 16.7 Å². The molecule has 0 aliphatic carbocycles. The maximum Gasteiger partial charge on any atom is 0.344 e. The molecule has 0 saturated carbocycles. The SMILES string of the molecule is Cc1ccc2oc(=O)c3c(c2c1)OC(N)=C(C#N)C3c1c(C)nn(-c2cccc(Cl)c2)c1Cl. The van der Waals surface area contributed by atoms with Crippen LogP contribution in [-0.2, 0) is 0 Å². The van der Waals surface area contributed by atoms with Gasteiger partial charge in [-0.15, -0.1) is 0 Å². The van der Waals surface area contributed by atoms with E-state index in [2.05, 4.69) is 11.2 Å². The van der Waals surface area contributed by atoms with Gasteiger partial charge in [0.25, 0.3) is 0 Å². The van der Waals surface area contributed by atoms with Gasteiger partial charge >= 0.3 is 5.63 Å². The molecule has 5 rings (SSSR count). The Bertz CT molecular complexity index is 1590. The Balaban J connectivity index is 1.83. The molecule has 0 amide bonds. The van der Waals surface area contributed by atoms with Gasteiger partial charge in [0, 0.05) is 10.6 Å². The Labute approximate surface area is 198 Å². The highest BCUT2D eigenvalue weighted by atomic mass is 35.5. The Hall–Kier alpha value is -3.73. The van der Waals surface area contributed by atoms with Gasteiger partial charge in [-0.1, -0.05) is 40.9 Å².